The van der Waals surface area contributed by atoms with Crippen LogP contribution in [-0.2, 0) is 10.0 Å². The topological polar surface area (TPSA) is 102 Å². The van der Waals surface area contributed by atoms with Crippen LogP contribution in [0.2, 0.25) is 5.02 Å². The predicted octanol–water partition coefficient (Wildman–Crippen LogP) is 4.73. The quantitative estimate of drug-likeness (QED) is 0.423. The molecule has 0 bridgehead atoms. The molecule has 0 aliphatic carbocycles. The molecule has 0 fully saturated rings. The number of carbonyl (C=O) groups excluding carboxylic acids is 1. The van der Waals surface area contributed by atoms with Gasteiger partial charge in [-0.15, -0.1) is 0 Å². The van der Waals surface area contributed by atoms with Gasteiger partial charge in [-0.25, -0.2) is 13.4 Å². The van der Waals surface area contributed by atoms with E-state index in [1.165, 1.54) is 42.9 Å². The Morgan fingerprint density at radius 1 is 1.06 bits per heavy atom. The van der Waals surface area contributed by atoms with Gasteiger partial charge < -0.3 is 4.42 Å². The van der Waals surface area contributed by atoms with Crippen molar-refractivity contribution in [2.45, 2.75) is 11.8 Å². The van der Waals surface area contributed by atoms with Crippen molar-refractivity contribution in [3.8, 4) is 11.3 Å². The van der Waals surface area contributed by atoms with E-state index in [4.69, 9.17) is 16.0 Å². The van der Waals surface area contributed by atoms with Gasteiger partial charge in [-0.1, -0.05) is 11.6 Å². The molecule has 9 heteroatoms. The summed E-state index contributed by atoms with van der Waals surface area (Å²) < 4.78 is 33.6. The van der Waals surface area contributed by atoms with E-state index in [0.29, 0.717) is 27.6 Å². The number of sulfonamides is 1. The van der Waals surface area contributed by atoms with E-state index >= 15 is 0 Å². The molecule has 0 amide bonds. The van der Waals surface area contributed by atoms with Gasteiger partial charge in [-0.2, -0.15) is 0 Å². The molecule has 2 heterocycles. The summed E-state index contributed by atoms with van der Waals surface area (Å²) in [6.45, 7) is 1.71. The van der Waals surface area contributed by atoms with Gasteiger partial charge in [0.05, 0.1) is 16.8 Å². The summed E-state index contributed by atoms with van der Waals surface area (Å²) in [6, 6.07) is 13.8. The van der Waals surface area contributed by atoms with E-state index in [9.17, 15) is 13.2 Å². The number of carbonyl (C=O) groups is 1. The van der Waals surface area contributed by atoms with Crippen LogP contribution in [0.25, 0.3) is 11.3 Å². The van der Waals surface area contributed by atoms with Crippen LogP contribution >= 0.6 is 11.6 Å². The molecular weight excluding hydrogens is 438 g/mol. The number of hydrogen-bond acceptors (Lipinski definition) is 6. The van der Waals surface area contributed by atoms with Gasteiger partial charge in [-0.3, -0.25) is 14.5 Å². The highest BCUT2D eigenvalue weighted by Crippen LogP contribution is 2.27. The number of pyridine rings is 1. The molecule has 2 aromatic carbocycles. The zero-order valence-corrected chi connectivity index (χ0v) is 17.8. The number of nitrogens with zero attached hydrogens (tertiary/aromatic N) is 2. The van der Waals surface area contributed by atoms with E-state index in [-0.39, 0.29) is 21.9 Å². The van der Waals surface area contributed by atoms with Gasteiger partial charge in [0, 0.05) is 33.6 Å². The Hall–Kier alpha value is -3.49. The largest absolute Gasteiger partial charge is 0.444 e. The highest BCUT2D eigenvalue weighted by molar-refractivity contribution is 7.92. The maximum absolute atomic E-state index is 13.1. The fourth-order valence-electron chi connectivity index (χ4n) is 3.02. The molecule has 4 rings (SSSR count). The van der Waals surface area contributed by atoms with Crippen molar-refractivity contribution in [1.82, 2.24) is 9.97 Å². The van der Waals surface area contributed by atoms with Crippen molar-refractivity contribution in [3.63, 3.8) is 0 Å². The second-order valence-corrected chi connectivity index (χ2v) is 8.77. The molecule has 0 saturated heterocycles. The van der Waals surface area contributed by atoms with Crippen molar-refractivity contribution in [2.75, 3.05) is 4.72 Å². The summed E-state index contributed by atoms with van der Waals surface area (Å²) in [5, 5.41) is 0.309. The molecule has 0 atom stereocenters. The normalized spacial score (nSPS) is 11.3. The lowest BCUT2D eigenvalue weighted by Gasteiger charge is -2.13. The molecule has 2 aromatic heterocycles. The molecule has 7 nitrogen and oxygen atoms in total. The lowest BCUT2D eigenvalue weighted by atomic mass is 10.0. The number of halogens is 1. The first-order valence-corrected chi connectivity index (χ1v) is 11.0. The summed E-state index contributed by atoms with van der Waals surface area (Å²) in [7, 11) is -3.97. The number of ketones is 1. The average Bonchev–Trinajstić information content (AvgIpc) is 3.30. The molecule has 1 N–H and O–H groups in total. The molecule has 0 spiro atoms. The van der Waals surface area contributed by atoms with Crippen LogP contribution in [0.15, 0.2) is 82.7 Å². The fourth-order valence-corrected chi connectivity index (χ4v) is 4.27. The number of rotatable bonds is 6. The lowest BCUT2D eigenvalue weighted by Crippen LogP contribution is -2.16. The minimum Gasteiger partial charge on any atom is -0.444 e. The number of hydrogen-bond donors (Lipinski definition) is 1. The smallest absolute Gasteiger partial charge is 0.261 e. The molecule has 4 aromatic rings. The molecule has 0 unspecified atom stereocenters. The number of aromatic nitrogens is 2. The third-order valence-corrected chi connectivity index (χ3v) is 6.22. The first-order chi connectivity index (χ1) is 14.8. The number of benzene rings is 2. The SMILES string of the molecule is Cc1ncccc1C(=O)c1cc(Cl)ccc1NS(=O)(=O)c1ccc(-c2cnco2)cc1. The van der Waals surface area contributed by atoms with Crippen LogP contribution in [0.1, 0.15) is 21.6 Å². The molecule has 31 heavy (non-hydrogen) atoms. The molecule has 156 valence electrons. The minimum absolute atomic E-state index is 0.0293. The molecule has 0 aliphatic heterocycles. The zero-order valence-electron chi connectivity index (χ0n) is 16.2. The highest BCUT2D eigenvalue weighted by Gasteiger charge is 2.21. The van der Waals surface area contributed by atoms with Gasteiger partial charge in [0.15, 0.2) is 17.9 Å². The maximum atomic E-state index is 13.1. The summed E-state index contributed by atoms with van der Waals surface area (Å²) in [6.07, 6.45) is 4.41. The minimum atomic E-state index is -3.97. The van der Waals surface area contributed by atoms with Crippen molar-refractivity contribution >= 4 is 33.1 Å². The highest BCUT2D eigenvalue weighted by atomic mass is 35.5. The Morgan fingerprint density at radius 2 is 1.84 bits per heavy atom. The second-order valence-electron chi connectivity index (χ2n) is 6.65. The summed E-state index contributed by atoms with van der Waals surface area (Å²) in [4.78, 5) is 21.1. The van der Waals surface area contributed by atoms with E-state index in [0.717, 1.165) is 0 Å². The average molecular weight is 454 g/mol. The van der Waals surface area contributed by atoms with Crippen molar-refractivity contribution in [2.24, 2.45) is 0 Å². The van der Waals surface area contributed by atoms with Crippen molar-refractivity contribution < 1.29 is 17.6 Å². The third-order valence-electron chi connectivity index (χ3n) is 4.60. The molecule has 0 aliphatic rings. The predicted molar refractivity (Wildman–Crippen MR) is 117 cm³/mol. The fraction of sp³-hybridized carbons (Fsp3) is 0.0455. The van der Waals surface area contributed by atoms with Gasteiger partial charge in [0.2, 0.25) is 0 Å². The standard InChI is InChI=1S/C22H16ClN3O4S/c1-14-18(3-2-10-25-14)22(27)19-11-16(23)6-9-20(19)26-31(28,29)17-7-4-15(5-8-17)21-12-24-13-30-21/h2-13,26H,1H3. The molecular formula is C22H16ClN3O4S. The Balaban J connectivity index is 1.67. The Labute approximate surface area is 183 Å². The van der Waals surface area contributed by atoms with E-state index in [1.54, 1.807) is 37.4 Å². The van der Waals surface area contributed by atoms with Crippen molar-refractivity contribution in [1.29, 1.82) is 0 Å². The van der Waals surface area contributed by atoms with Gasteiger partial charge in [-0.05, 0) is 61.5 Å². The summed E-state index contributed by atoms with van der Waals surface area (Å²) >= 11 is 6.08. The van der Waals surface area contributed by atoms with E-state index in [1.807, 2.05) is 0 Å². The number of anilines is 1. The van der Waals surface area contributed by atoms with Gasteiger partial charge in [0.1, 0.15) is 0 Å². The zero-order chi connectivity index (χ0) is 22.0. The van der Waals surface area contributed by atoms with Gasteiger partial charge >= 0.3 is 0 Å². The maximum Gasteiger partial charge on any atom is 0.261 e. The number of oxazole rings is 1. The van der Waals surface area contributed by atoms with E-state index in [2.05, 4.69) is 14.7 Å². The van der Waals surface area contributed by atoms with Crippen LogP contribution in [-0.4, -0.2) is 24.2 Å². The Bertz CT molecular complexity index is 1350. The van der Waals surface area contributed by atoms with Crippen LogP contribution in [0, 0.1) is 6.92 Å². The van der Waals surface area contributed by atoms with Gasteiger partial charge in [0.25, 0.3) is 10.0 Å². The van der Waals surface area contributed by atoms with Crippen LogP contribution in [0.5, 0.6) is 0 Å². The van der Waals surface area contributed by atoms with Crippen LogP contribution in [0.3, 0.4) is 0 Å². The van der Waals surface area contributed by atoms with E-state index < -0.39 is 10.0 Å². The number of nitrogens with one attached hydrogen (secondary N) is 1. The first kappa shape index (κ1) is 20.8. The van der Waals surface area contributed by atoms with Crippen LogP contribution in [0.4, 0.5) is 5.69 Å². The third kappa shape index (κ3) is 4.35. The Kier molecular flexibility index (Phi) is 5.58. The summed E-state index contributed by atoms with van der Waals surface area (Å²) in [5.74, 6) is 0.140. The molecule has 0 saturated carbocycles. The Morgan fingerprint density at radius 3 is 2.52 bits per heavy atom. The van der Waals surface area contributed by atoms with Crippen molar-refractivity contribution in [3.05, 3.63) is 95.2 Å². The lowest BCUT2D eigenvalue weighted by molar-refractivity contribution is 0.103. The number of aryl methyl sites for hydroxylation is 1. The second kappa shape index (κ2) is 8.33. The van der Waals surface area contributed by atoms with Crippen LogP contribution < -0.4 is 4.72 Å². The monoisotopic (exact) mass is 453 g/mol. The summed E-state index contributed by atoms with van der Waals surface area (Å²) in [5.41, 5.74) is 1.83. The first-order valence-electron chi connectivity index (χ1n) is 9.13. The molecule has 0 radical (unpaired) electrons.